The van der Waals surface area contributed by atoms with Crippen LogP contribution < -0.4 is 5.43 Å². The van der Waals surface area contributed by atoms with Gasteiger partial charge in [-0.2, -0.15) is 0 Å². The normalized spacial score (nSPS) is 18.8. The molecule has 6 nitrogen and oxygen atoms in total. The molecule has 1 unspecified atom stereocenters. The van der Waals surface area contributed by atoms with Crippen molar-refractivity contribution >= 4 is 11.9 Å². The highest BCUT2D eigenvalue weighted by atomic mass is 19.1. The van der Waals surface area contributed by atoms with E-state index in [2.05, 4.69) is 0 Å². The molecule has 1 aromatic carbocycles. The van der Waals surface area contributed by atoms with Crippen molar-refractivity contribution < 1.29 is 19.1 Å². The summed E-state index contributed by atoms with van der Waals surface area (Å²) in [5, 5.41) is 9.37. The molecule has 0 aliphatic carbocycles. The summed E-state index contributed by atoms with van der Waals surface area (Å²) in [7, 11) is 0. The zero-order chi connectivity index (χ0) is 17.7. The zero-order valence-electron chi connectivity index (χ0n) is 13.2. The standard InChI is InChI=1S/C18H15FN2O4/c19-11-5-3-10(4-6-11)14-15-17(23)21-7-1-2-12(21)8-20(15)9-13(16(14)22)18(24)25/h3-6,9,12H,1-2,7-8H2,(H,24,25). The van der Waals surface area contributed by atoms with Gasteiger partial charge in [-0.05, 0) is 30.5 Å². The summed E-state index contributed by atoms with van der Waals surface area (Å²) in [6.07, 6.45) is 2.99. The molecule has 7 heteroatoms. The number of rotatable bonds is 2. The molecule has 1 N–H and O–H groups in total. The van der Waals surface area contributed by atoms with Gasteiger partial charge in [-0.15, -0.1) is 0 Å². The number of fused-ring (bicyclic) bond motifs is 2. The maximum atomic E-state index is 13.2. The number of halogens is 1. The molecule has 1 saturated heterocycles. The van der Waals surface area contributed by atoms with Gasteiger partial charge in [0, 0.05) is 19.3 Å². The van der Waals surface area contributed by atoms with Crippen LogP contribution in [-0.4, -0.2) is 39.0 Å². The smallest absolute Gasteiger partial charge is 0.341 e. The average molecular weight is 342 g/mol. The third-order valence-corrected chi connectivity index (χ3v) is 4.89. The fourth-order valence-corrected chi connectivity index (χ4v) is 3.73. The van der Waals surface area contributed by atoms with Crippen LogP contribution >= 0.6 is 0 Å². The summed E-state index contributed by atoms with van der Waals surface area (Å²) in [5.74, 6) is -2.09. The molecule has 2 aliphatic heterocycles. The molecule has 0 saturated carbocycles. The number of aromatic carboxylic acids is 1. The van der Waals surface area contributed by atoms with Crippen molar-refractivity contribution in [3.63, 3.8) is 0 Å². The monoisotopic (exact) mass is 342 g/mol. The van der Waals surface area contributed by atoms with Gasteiger partial charge in [-0.3, -0.25) is 9.59 Å². The molecule has 1 fully saturated rings. The number of carboxylic acid groups (broad SMARTS) is 1. The lowest BCUT2D eigenvalue weighted by Gasteiger charge is -2.33. The van der Waals surface area contributed by atoms with Crippen LogP contribution in [0.25, 0.3) is 11.1 Å². The largest absolute Gasteiger partial charge is 0.477 e. The summed E-state index contributed by atoms with van der Waals surface area (Å²) in [6.45, 7) is 1.08. The van der Waals surface area contributed by atoms with Crippen LogP contribution in [0.1, 0.15) is 33.7 Å². The number of carboxylic acids is 1. The lowest BCUT2D eigenvalue weighted by atomic mass is 9.98. The van der Waals surface area contributed by atoms with Crippen molar-refractivity contribution in [2.45, 2.75) is 25.4 Å². The minimum absolute atomic E-state index is 0.0187. The quantitative estimate of drug-likeness (QED) is 0.905. The van der Waals surface area contributed by atoms with Crippen molar-refractivity contribution in [3.8, 4) is 11.1 Å². The van der Waals surface area contributed by atoms with Gasteiger partial charge in [0.15, 0.2) is 0 Å². The van der Waals surface area contributed by atoms with Crippen molar-refractivity contribution in [2.75, 3.05) is 6.54 Å². The van der Waals surface area contributed by atoms with E-state index in [0.717, 1.165) is 12.8 Å². The summed E-state index contributed by atoms with van der Waals surface area (Å²) >= 11 is 0. The molecule has 3 heterocycles. The van der Waals surface area contributed by atoms with E-state index in [1.54, 1.807) is 9.47 Å². The van der Waals surface area contributed by atoms with E-state index < -0.39 is 17.2 Å². The van der Waals surface area contributed by atoms with E-state index in [4.69, 9.17) is 0 Å². The molecule has 2 aliphatic rings. The lowest BCUT2D eigenvalue weighted by molar-refractivity contribution is 0.0653. The van der Waals surface area contributed by atoms with Crippen molar-refractivity contribution in [1.82, 2.24) is 9.47 Å². The maximum absolute atomic E-state index is 13.2. The topological polar surface area (TPSA) is 79.6 Å². The van der Waals surface area contributed by atoms with Gasteiger partial charge < -0.3 is 14.6 Å². The molecule has 25 heavy (non-hydrogen) atoms. The van der Waals surface area contributed by atoms with Gasteiger partial charge in [-0.1, -0.05) is 12.1 Å². The Bertz CT molecular complexity index is 949. The Morgan fingerprint density at radius 1 is 1.20 bits per heavy atom. The molecule has 4 rings (SSSR count). The second-order valence-electron chi connectivity index (χ2n) is 6.35. The lowest BCUT2D eigenvalue weighted by Crippen LogP contribution is -2.46. The first kappa shape index (κ1) is 15.6. The van der Waals surface area contributed by atoms with Crippen LogP contribution in [-0.2, 0) is 6.54 Å². The van der Waals surface area contributed by atoms with Crippen LogP contribution in [0.5, 0.6) is 0 Å². The molecule has 0 radical (unpaired) electrons. The SMILES string of the molecule is O=C(O)c1cn2c(c(-c3ccc(F)cc3)c1=O)C(=O)N1CCCC1C2. The Balaban J connectivity index is 2.02. The maximum Gasteiger partial charge on any atom is 0.341 e. The Labute approximate surface area is 142 Å². The van der Waals surface area contributed by atoms with Gasteiger partial charge in [0.25, 0.3) is 5.91 Å². The van der Waals surface area contributed by atoms with E-state index >= 15 is 0 Å². The highest BCUT2D eigenvalue weighted by Crippen LogP contribution is 2.31. The minimum atomic E-state index is -1.34. The number of nitrogens with zero attached hydrogens (tertiary/aromatic N) is 2. The van der Waals surface area contributed by atoms with Crippen molar-refractivity contribution in [2.24, 2.45) is 0 Å². The molecule has 0 spiro atoms. The highest BCUT2D eigenvalue weighted by Gasteiger charge is 2.38. The summed E-state index contributed by atoms with van der Waals surface area (Å²) in [5.41, 5.74) is -0.571. The molecule has 1 amide bonds. The Morgan fingerprint density at radius 3 is 2.60 bits per heavy atom. The number of benzene rings is 1. The Morgan fingerprint density at radius 2 is 1.92 bits per heavy atom. The molecular formula is C18H15FN2O4. The van der Waals surface area contributed by atoms with Crippen LogP contribution in [0.4, 0.5) is 4.39 Å². The van der Waals surface area contributed by atoms with Crippen LogP contribution in [0, 0.1) is 5.82 Å². The first-order valence-electron chi connectivity index (χ1n) is 8.05. The second kappa shape index (κ2) is 5.54. The van der Waals surface area contributed by atoms with E-state index in [1.165, 1.54) is 30.5 Å². The van der Waals surface area contributed by atoms with Crippen LogP contribution in [0.2, 0.25) is 0 Å². The molecule has 1 aromatic heterocycles. The second-order valence-corrected chi connectivity index (χ2v) is 6.35. The van der Waals surface area contributed by atoms with E-state index in [-0.39, 0.29) is 28.8 Å². The third kappa shape index (κ3) is 2.34. The molecule has 128 valence electrons. The number of pyridine rings is 1. The fourth-order valence-electron chi connectivity index (χ4n) is 3.73. The summed E-state index contributed by atoms with van der Waals surface area (Å²) in [4.78, 5) is 38.9. The molecule has 2 aromatic rings. The molecular weight excluding hydrogens is 327 g/mol. The number of carbonyl (C=O) groups is 2. The van der Waals surface area contributed by atoms with Gasteiger partial charge in [0.2, 0.25) is 5.43 Å². The van der Waals surface area contributed by atoms with Crippen LogP contribution in [0.3, 0.4) is 0 Å². The van der Waals surface area contributed by atoms with Gasteiger partial charge in [-0.25, -0.2) is 9.18 Å². The summed E-state index contributed by atoms with van der Waals surface area (Å²) in [6, 6.07) is 5.17. The number of carbonyl (C=O) groups excluding carboxylic acids is 1. The number of hydrogen-bond acceptors (Lipinski definition) is 3. The van der Waals surface area contributed by atoms with Gasteiger partial charge >= 0.3 is 5.97 Å². The molecule has 0 bridgehead atoms. The van der Waals surface area contributed by atoms with Gasteiger partial charge in [0.1, 0.15) is 17.1 Å². The predicted molar refractivity (Wildman–Crippen MR) is 87.1 cm³/mol. The van der Waals surface area contributed by atoms with Crippen molar-refractivity contribution in [3.05, 3.63) is 57.8 Å². The van der Waals surface area contributed by atoms with Crippen molar-refractivity contribution in [1.29, 1.82) is 0 Å². The van der Waals surface area contributed by atoms with E-state index in [0.29, 0.717) is 18.7 Å². The average Bonchev–Trinajstić information content (AvgIpc) is 3.05. The minimum Gasteiger partial charge on any atom is -0.477 e. The zero-order valence-corrected chi connectivity index (χ0v) is 13.2. The fraction of sp³-hybridized carbons (Fsp3) is 0.278. The molecule has 1 atom stereocenters. The third-order valence-electron chi connectivity index (χ3n) is 4.89. The van der Waals surface area contributed by atoms with E-state index in [9.17, 15) is 23.9 Å². The first-order chi connectivity index (χ1) is 12.0. The number of hydrogen-bond donors (Lipinski definition) is 1. The number of amides is 1. The summed E-state index contributed by atoms with van der Waals surface area (Å²) < 4.78 is 14.8. The predicted octanol–water partition coefficient (Wildman–Crippen LogP) is 1.97. The van der Waals surface area contributed by atoms with Gasteiger partial charge in [0.05, 0.1) is 11.6 Å². The highest BCUT2D eigenvalue weighted by molar-refractivity contribution is 6.01. The Hall–Kier alpha value is -2.96. The Kier molecular flexibility index (Phi) is 3.45. The van der Waals surface area contributed by atoms with Crippen LogP contribution in [0.15, 0.2) is 35.3 Å². The van der Waals surface area contributed by atoms with E-state index in [1.807, 2.05) is 0 Å². The first-order valence-corrected chi connectivity index (χ1v) is 8.05. The number of aromatic nitrogens is 1.